The van der Waals surface area contributed by atoms with Crippen molar-refractivity contribution >= 4 is 11.8 Å². The van der Waals surface area contributed by atoms with Gasteiger partial charge >= 0.3 is 6.16 Å². The van der Waals surface area contributed by atoms with Crippen molar-refractivity contribution in [2.75, 3.05) is 7.11 Å². The number of carboxylic acid groups (broad SMARTS) is 1. The Bertz CT molecular complexity index is 696. The van der Waals surface area contributed by atoms with E-state index < -0.39 is 11.1 Å². The van der Waals surface area contributed by atoms with E-state index in [4.69, 9.17) is 9.84 Å². The predicted octanol–water partition coefficient (Wildman–Crippen LogP) is 3.25. The minimum absolute atomic E-state index is 0.0777. The third-order valence-corrected chi connectivity index (χ3v) is 3.01. The van der Waals surface area contributed by atoms with Crippen LogP contribution in [0.25, 0.3) is 0 Å². The highest BCUT2D eigenvalue weighted by Gasteiger charge is 2.14. The van der Waals surface area contributed by atoms with Gasteiger partial charge in [0.05, 0.1) is 12.0 Å². The number of nitrogens with zero attached hydrogens (tertiary/aromatic N) is 1. The lowest BCUT2D eigenvalue weighted by atomic mass is 10.0. The summed E-state index contributed by atoms with van der Waals surface area (Å²) in [4.78, 5) is 21.0. The van der Waals surface area contributed by atoms with Crippen molar-refractivity contribution in [2.45, 2.75) is 6.42 Å². The number of carbonyl (C=O) groups is 1. The van der Waals surface area contributed by atoms with Crippen LogP contribution in [0.3, 0.4) is 0 Å². The van der Waals surface area contributed by atoms with Crippen LogP contribution in [0.2, 0.25) is 0 Å². The first kappa shape index (κ1) is 15.3. The highest BCUT2D eigenvalue weighted by Crippen LogP contribution is 2.27. The van der Waals surface area contributed by atoms with Crippen molar-refractivity contribution in [3.05, 3.63) is 63.7 Å². The summed E-state index contributed by atoms with van der Waals surface area (Å²) < 4.78 is 9.72. The molecule has 0 spiro atoms. The van der Waals surface area contributed by atoms with E-state index in [1.807, 2.05) is 0 Å². The fraction of sp³-hybridized carbons (Fsp3) is 0.133. The van der Waals surface area contributed by atoms with Crippen molar-refractivity contribution in [2.24, 2.45) is 0 Å². The van der Waals surface area contributed by atoms with E-state index in [0.717, 1.165) is 5.56 Å². The van der Waals surface area contributed by atoms with Gasteiger partial charge in [0, 0.05) is 24.1 Å². The number of non-ortho nitro benzene ring substituents is 1. The highest BCUT2D eigenvalue weighted by atomic mass is 16.7. The van der Waals surface area contributed by atoms with Crippen LogP contribution in [0, 0.1) is 10.1 Å². The Hall–Kier alpha value is -3.09. The Kier molecular flexibility index (Phi) is 4.57. The van der Waals surface area contributed by atoms with Gasteiger partial charge in [-0.3, -0.25) is 10.1 Å². The fourth-order valence-electron chi connectivity index (χ4n) is 1.97. The third-order valence-electron chi connectivity index (χ3n) is 3.01. The topological polar surface area (TPSA) is 98.9 Å². The van der Waals surface area contributed by atoms with Gasteiger partial charge < -0.3 is 14.6 Å². The van der Waals surface area contributed by atoms with Gasteiger partial charge in [-0.1, -0.05) is 12.1 Å². The van der Waals surface area contributed by atoms with Gasteiger partial charge in [-0.25, -0.2) is 4.79 Å². The second-order valence-electron chi connectivity index (χ2n) is 4.44. The Morgan fingerprint density at radius 2 is 1.91 bits per heavy atom. The Morgan fingerprint density at radius 1 is 1.23 bits per heavy atom. The van der Waals surface area contributed by atoms with E-state index in [9.17, 15) is 14.9 Å². The summed E-state index contributed by atoms with van der Waals surface area (Å²) >= 11 is 0. The standard InChI is InChI=1S/C15H13NO6/c1-21-13-5-2-10(3-6-13)8-11-9-12(16(19)20)4-7-14(11)22-15(17)18/h2-7,9H,8H2,1H3,(H,17,18). The average Bonchev–Trinajstić information content (AvgIpc) is 2.49. The summed E-state index contributed by atoms with van der Waals surface area (Å²) in [6.45, 7) is 0. The molecule has 0 aromatic heterocycles. The van der Waals surface area contributed by atoms with Gasteiger partial charge in [-0.05, 0) is 23.8 Å². The van der Waals surface area contributed by atoms with Crippen LogP contribution < -0.4 is 9.47 Å². The zero-order valence-electron chi connectivity index (χ0n) is 11.7. The summed E-state index contributed by atoms with van der Waals surface area (Å²) in [7, 11) is 1.55. The van der Waals surface area contributed by atoms with Crippen molar-refractivity contribution in [3.63, 3.8) is 0 Å². The molecular weight excluding hydrogens is 290 g/mol. The quantitative estimate of drug-likeness (QED) is 0.394. The van der Waals surface area contributed by atoms with Crippen LogP contribution in [0.15, 0.2) is 42.5 Å². The average molecular weight is 303 g/mol. The Balaban J connectivity index is 2.34. The van der Waals surface area contributed by atoms with Gasteiger partial charge in [0.1, 0.15) is 11.5 Å². The molecular formula is C15H13NO6. The van der Waals surface area contributed by atoms with Crippen LogP contribution in [0.4, 0.5) is 10.5 Å². The van der Waals surface area contributed by atoms with Crippen molar-refractivity contribution < 1.29 is 24.3 Å². The van der Waals surface area contributed by atoms with Gasteiger partial charge in [-0.15, -0.1) is 0 Å². The van der Waals surface area contributed by atoms with Crippen molar-refractivity contribution in [1.82, 2.24) is 0 Å². The minimum Gasteiger partial charge on any atom is -0.497 e. The molecule has 0 radical (unpaired) electrons. The Morgan fingerprint density at radius 3 is 2.45 bits per heavy atom. The van der Waals surface area contributed by atoms with E-state index in [-0.39, 0.29) is 11.4 Å². The molecule has 0 saturated heterocycles. The predicted molar refractivity (Wildman–Crippen MR) is 77.5 cm³/mol. The Labute approximate surface area is 125 Å². The number of nitro groups is 1. The molecule has 0 aliphatic rings. The van der Waals surface area contributed by atoms with Crippen molar-refractivity contribution in [3.8, 4) is 11.5 Å². The van der Waals surface area contributed by atoms with Gasteiger partial charge in [0.2, 0.25) is 0 Å². The number of hydrogen-bond acceptors (Lipinski definition) is 5. The van der Waals surface area contributed by atoms with Gasteiger partial charge in [0.25, 0.3) is 5.69 Å². The molecule has 22 heavy (non-hydrogen) atoms. The lowest BCUT2D eigenvalue weighted by Gasteiger charge is -2.09. The maximum absolute atomic E-state index is 10.9. The lowest BCUT2D eigenvalue weighted by molar-refractivity contribution is -0.384. The van der Waals surface area contributed by atoms with Crippen LogP contribution in [-0.2, 0) is 6.42 Å². The molecule has 0 aliphatic carbocycles. The zero-order chi connectivity index (χ0) is 16.1. The van der Waals surface area contributed by atoms with E-state index in [1.165, 1.54) is 18.2 Å². The molecule has 0 saturated carbocycles. The molecule has 7 nitrogen and oxygen atoms in total. The van der Waals surface area contributed by atoms with Crippen LogP contribution >= 0.6 is 0 Å². The molecule has 2 aromatic carbocycles. The van der Waals surface area contributed by atoms with Crippen LogP contribution in [-0.4, -0.2) is 23.3 Å². The second kappa shape index (κ2) is 6.57. The van der Waals surface area contributed by atoms with Crippen LogP contribution in [0.1, 0.15) is 11.1 Å². The molecule has 7 heteroatoms. The first-order valence-corrected chi connectivity index (χ1v) is 6.30. The molecule has 0 unspecified atom stereocenters. The normalized spacial score (nSPS) is 10.0. The molecule has 2 aromatic rings. The number of methoxy groups -OCH3 is 1. The first-order chi connectivity index (χ1) is 10.5. The van der Waals surface area contributed by atoms with Gasteiger partial charge in [0.15, 0.2) is 0 Å². The smallest absolute Gasteiger partial charge is 0.497 e. The summed E-state index contributed by atoms with van der Waals surface area (Å²) in [5.41, 5.74) is 1.14. The molecule has 0 atom stereocenters. The summed E-state index contributed by atoms with van der Waals surface area (Å²) in [6, 6.07) is 10.9. The second-order valence-corrected chi connectivity index (χ2v) is 4.44. The van der Waals surface area contributed by atoms with E-state index in [0.29, 0.717) is 17.7 Å². The van der Waals surface area contributed by atoms with E-state index in [1.54, 1.807) is 31.4 Å². The molecule has 2 rings (SSSR count). The molecule has 114 valence electrons. The number of benzene rings is 2. The minimum atomic E-state index is -1.47. The first-order valence-electron chi connectivity index (χ1n) is 6.30. The molecule has 0 heterocycles. The number of nitro benzene ring substituents is 1. The molecule has 0 bridgehead atoms. The molecule has 1 N–H and O–H groups in total. The molecule has 0 fully saturated rings. The number of ether oxygens (including phenoxy) is 2. The number of hydrogen-bond donors (Lipinski definition) is 1. The number of rotatable bonds is 5. The summed E-state index contributed by atoms with van der Waals surface area (Å²) in [6.07, 6.45) is -1.17. The molecule has 0 aliphatic heterocycles. The van der Waals surface area contributed by atoms with Crippen molar-refractivity contribution in [1.29, 1.82) is 0 Å². The maximum Gasteiger partial charge on any atom is 0.511 e. The maximum atomic E-state index is 10.9. The fourth-order valence-corrected chi connectivity index (χ4v) is 1.97. The monoisotopic (exact) mass is 303 g/mol. The van der Waals surface area contributed by atoms with Crippen LogP contribution in [0.5, 0.6) is 11.5 Å². The highest BCUT2D eigenvalue weighted by molar-refractivity contribution is 5.63. The summed E-state index contributed by atoms with van der Waals surface area (Å²) in [5.74, 6) is 0.763. The van der Waals surface area contributed by atoms with Gasteiger partial charge in [-0.2, -0.15) is 0 Å². The third kappa shape index (κ3) is 3.72. The largest absolute Gasteiger partial charge is 0.511 e. The molecule has 0 amide bonds. The van der Waals surface area contributed by atoms with E-state index >= 15 is 0 Å². The SMILES string of the molecule is COc1ccc(Cc2cc([N+](=O)[O-])ccc2OC(=O)O)cc1. The zero-order valence-corrected chi connectivity index (χ0v) is 11.7. The lowest BCUT2D eigenvalue weighted by Crippen LogP contribution is -2.06. The summed E-state index contributed by atoms with van der Waals surface area (Å²) in [5, 5.41) is 19.6. The van der Waals surface area contributed by atoms with E-state index in [2.05, 4.69) is 4.74 Å².